The summed E-state index contributed by atoms with van der Waals surface area (Å²) in [5.74, 6) is 0.0517. The Labute approximate surface area is 207 Å². The number of benzene rings is 3. The molecule has 6 atom stereocenters. The molecule has 0 aromatic heterocycles. The summed E-state index contributed by atoms with van der Waals surface area (Å²) in [7, 11) is 2.02. The first-order valence-electron chi connectivity index (χ1n) is 12.2. The van der Waals surface area contributed by atoms with Gasteiger partial charge in [0.05, 0.1) is 24.9 Å². The monoisotopic (exact) mass is 476 g/mol. The molecule has 1 aliphatic heterocycles. The molecule has 0 radical (unpaired) electrons. The number of nitrogens with two attached hydrogens (primary N) is 1. The molecule has 0 spiro atoms. The summed E-state index contributed by atoms with van der Waals surface area (Å²) in [6.45, 7) is 4.80. The smallest absolute Gasteiger partial charge is 0.185 e. The van der Waals surface area contributed by atoms with Gasteiger partial charge in [0.25, 0.3) is 0 Å². The molecule has 6 heteroatoms. The maximum Gasteiger partial charge on any atom is 0.185 e. The number of hydrogen-bond donors (Lipinski definition) is 3. The van der Waals surface area contributed by atoms with Crippen molar-refractivity contribution >= 4 is 5.69 Å². The standard InChI is InChI=1S/C29H36N2O4/c1-19-26(17-31(3)20(2)27(33)22-8-5-4-6-9-22)34-29(24-10-7-11-25(30)16-24)35-28(19)23-14-12-21(18-32)13-15-23/h4-16,19-20,26-29,32-33H,17-18,30H2,1-3H3/t19-,20+,26+,27+,28+,29+/m1/s1. The van der Waals surface area contributed by atoms with Crippen molar-refractivity contribution < 1.29 is 19.7 Å². The third-order valence-corrected chi connectivity index (χ3v) is 7.07. The van der Waals surface area contributed by atoms with Gasteiger partial charge in [-0.3, -0.25) is 4.90 Å². The van der Waals surface area contributed by atoms with E-state index in [9.17, 15) is 10.2 Å². The summed E-state index contributed by atoms with van der Waals surface area (Å²) in [5, 5.41) is 20.4. The predicted molar refractivity (Wildman–Crippen MR) is 137 cm³/mol. The lowest BCUT2D eigenvalue weighted by atomic mass is 9.89. The van der Waals surface area contributed by atoms with Crippen molar-refractivity contribution in [2.45, 2.75) is 51.1 Å². The van der Waals surface area contributed by atoms with E-state index in [0.29, 0.717) is 12.2 Å². The molecule has 1 aliphatic rings. The number of rotatable bonds is 8. The second kappa shape index (κ2) is 11.3. The van der Waals surface area contributed by atoms with Crippen LogP contribution in [0, 0.1) is 5.92 Å². The molecule has 1 saturated heterocycles. The van der Waals surface area contributed by atoms with Crippen LogP contribution in [-0.4, -0.2) is 40.9 Å². The number of nitrogens with zero attached hydrogens (tertiary/aromatic N) is 1. The van der Waals surface area contributed by atoms with Crippen LogP contribution in [0.3, 0.4) is 0 Å². The van der Waals surface area contributed by atoms with Gasteiger partial charge in [0.2, 0.25) is 0 Å². The Balaban J connectivity index is 1.57. The van der Waals surface area contributed by atoms with Crippen LogP contribution in [0.1, 0.15) is 54.6 Å². The SMILES string of the molecule is C[C@@H]1[C@H](CN(C)[C@@H](C)[C@H](O)c2ccccc2)O[C@H](c2cccc(N)c2)O[C@@H]1c1ccc(CO)cc1. The summed E-state index contributed by atoms with van der Waals surface area (Å²) in [6, 6.07) is 25.1. The van der Waals surface area contributed by atoms with Crippen LogP contribution < -0.4 is 5.73 Å². The van der Waals surface area contributed by atoms with Crippen molar-refractivity contribution in [3.63, 3.8) is 0 Å². The first-order valence-corrected chi connectivity index (χ1v) is 12.2. The van der Waals surface area contributed by atoms with Crippen LogP contribution in [0.25, 0.3) is 0 Å². The normalized spacial score (nSPS) is 24.3. The summed E-state index contributed by atoms with van der Waals surface area (Å²) in [5.41, 5.74) is 10.4. The van der Waals surface area contributed by atoms with E-state index in [1.54, 1.807) is 0 Å². The van der Waals surface area contributed by atoms with Gasteiger partial charge < -0.3 is 25.4 Å². The molecule has 1 fully saturated rings. The van der Waals surface area contributed by atoms with Crippen LogP contribution in [-0.2, 0) is 16.1 Å². The predicted octanol–water partition coefficient (Wildman–Crippen LogP) is 4.61. The average molecular weight is 477 g/mol. The van der Waals surface area contributed by atoms with Gasteiger partial charge in [-0.1, -0.05) is 73.7 Å². The quantitative estimate of drug-likeness (QED) is 0.412. The number of ether oxygens (including phenoxy) is 2. The van der Waals surface area contributed by atoms with Crippen LogP contribution in [0.5, 0.6) is 0 Å². The van der Waals surface area contributed by atoms with Gasteiger partial charge in [0.15, 0.2) is 6.29 Å². The molecule has 186 valence electrons. The highest BCUT2D eigenvalue weighted by Crippen LogP contribution is 2.42. The minimum absolute atomic E-state index is 0.00539. The minimum atomic E-state index is -0.608. The van der Waals surface area contributed by atoms with E-state index < -0.39 is 12.4 Å². The van der Waals surface area contributed by atoms with Crippen molar-refractivity contribution in [2.75, 3.05) is 19.3 Å². The number of hydrogen-bond acceptors (Lipinski definition) is 6. The highest BCUT2D eigenvalue weighted by molar-refractivity contribution is 5.41. The van der Waals surface area contributed by atoms with Crippen molar-refractivity contribution in [1.29, 1.82) is 0 Å². The first kappa shape index (κ1) is 25.4. The third kappa shape index (κ3) is 5.92. The lowest BCUT2D eigenvalue weighted by molar-refractivity contribution is -0.276. The number of nitrogen functional groups attached to an aromatic ring is 1. The molecule has 0 unspecified atom stereocenters. The van der Waals surface area contributed by atoms with E-state index in [4.69, 9.17) is 15.2 Å². The molecule has 0 aliphatic carbocycles. The fourth-order valence-electron chi connectivity index (χ4n) is 4.65. The minimum Gasteiger partial charge on any atom is -0.399 e. The van der Waals surface area contributed by atoms with E-state index in [2.05, 4.69) is 11.8 Å². The summed E-state index contributed by atoms with van der Waals surface area (Å²) < 4.78 is 13.0. The zero-order valence-electron chi connectivity index (χ0n) is 20.6. The van der Waals surface area contributed by atoms with E-state index in [0.717, 1.165) is 22.3 Å². The van der Waals surface area contributed by atoms with Crippen LogP contribution in [0.4, 0.5) is 5.69 Å². The van der Waals surface area contributed by atoms with E-state index in [1.807, 2.05) is 92.8 Å². The van der Waals surface area contributed by atoms with E-state index >= 15 is 0 Å². The number of likely N-dealkylation sites (N-methyl/N-ethyl adjacent to an activating group) is 1. The largest absolute Gasteiger partial charge is 0.399 e. The molecule has 1 heterocycles. The lowest BCUT2D eigenvalue weighted by Gasteiger charge is -2.43. The molecule has 3 aromatic rings. The second-order valence-corrected chi connectivity index (χ2v) is 9.53. The molecule has 3 aromatic carbocycles. The zero-order valence-corrected chi connectivity index (χ0v) is 20.6. The van der Waals surface area contributed by atoms with Crippen molar-refractivity contribution in [1.82, 2.24) is 4.90 Å². The molecular formula is C29H36N2O4. The Hall–Kier alpha value is -2.74. The highest BCUT2D eigenvalue weighted by atomic mass is 16.7. The summed E-state index contributed by atoms with van der Waals surface area (Å²) in [6.07, 6.45) is -1.52. The van der Waals surface area contributed by atoms with E-state index in [1.165, 1.54) is 0 Å². The molecular weight excluding hydrogens is 440 g/mol. The average Bonchev–Trinajstić information content (AvgIpc) is 2.89. The Morgan fingerprint density at radius 2 is 1.66 bits per heavy atom. The fraction of sp³-hybridized carbons (Fsp3) is 0.379. The van der Waals surface area contributed by atoms with Crippen molar-refractivity contribution in [3.05, 3.63) is 101 Å². The number of anilines is 1. The first-order chi connectivity index (χ1) is 16.9. The summed E-state index contributed by atoms with van der Waals surface area (Å²) >= 11 is 0. The fourth-order valence-corrected chi connectivity index (χ4v) is 4.65. The van der Waals surface area contributed by atoms with Crippen LogP contribution in [0.2, 0.25) is 0 Å². The van der Waals surface area contributed by atoms with Crippen LogP contribution >= 0.6 is 0 Å². The molecule has 0 saturated carbocycles. The molecule has 4 N–H and O–H groups in total. The Bertz CT molecular complexity index is 1080. The zero-order chi connectivity index (χ0) is 24.9. The van der Waals surface area contributed by atoms with Crippen molar-refractivity contribution in [2.24, 2.45) is 5.92 Å². The Morgan fingerprint density at radius 3 is 2.31 bits per heavy atom. The maximum atomic E-state index is 11.0. The molecule has 6 nitrogen and oxygen atoms in total. The summed E-state index contributed by atoms with van der Waals surface area (Å²) in [4.78, 5) is 2.15. The Kier molecular flexibility index (Phi) is 8.21. The topological polar surface area (TPSA) is 88.2 Å². The van der Waals surface area contributed by atoms with Gasteiger partial charge >= 0.3 is 0 Å². The highest BCUT2D eigenvalue weighted by Gasteiger charge is 2.39. The van der Waals surface area contributed by atoms with Gasteiger partial charge in [-0.25, -0.2) is 0 Å². The molecule has 4 rings (SSSR count). The van der Waals surface area contributed by atoms with Crippen molar-refractivity contribution in [3.8, 4) is 0 Å². The van der Waals surface area contributed by atoms with Gasteiger partial charge in [-0.05, 0) is 42.8 Å². The second-order valence-electron chi connectivity index (χ2n) is 9.53. The van der Waals surface area contributed by atoms with Crippen LogP contribution in [0.15, 0.2) is 78.9 Å². The maximum absolute atomic E-state index is 11.0. The van der Waals surface area contributed by atoms with Gasteiger partial charge in [0, 0.05) is 29.8 Å². The molecule has 0 bridgehead atoms. The van der Waals surface area contributed by atoms with E-state index in [-0.39, 0.29) is 30.8 Å². The number of aliphatic hydroxyl groups is 2. The number of aliphatic hydroxyl groups excluding tert-OH is 2. The van der Waals surface area contributed by atoms with Gasteiger partial charge in [-0.15, -0.1) is 0 Å². The lowest BCUT2D eigenvalue weighted by Crippen LogP contribution is -2.46. The molecule has 0 amide bonds. The third-order valence-electron chi connectivity index (χ3n) is 7.07. The van der Waals surface area contributed by atoms with Gasteiger partial charge in [0.1, 0.15) is 0 Å². The van der Waals surface area contributed by atoms with Gasteiger partial charge in [-0.2, -0.15) is 0 Å². The molecule has 35 heavy (non-hydrogen) atoms. The Morgan fingerprint density at radius 1 is 0.943 bits per heavy atom.